The average molecular weight is 185 g/mol. The van der Waals surface area contributed by atoms with Crippen molar-refractivity contribution in [3.05, 3.63) is 0 Å². The minimum absolute atomic E-state index is 0.0160. The third-order valence-electron chi connectivity index (χ3n) is 2.29. The van der Waals surface area contributed by atoms with E-state index < -0.39 is 6.04 Å². The van der Waals surface area contributed by atoms with Crippen LogP contribution in [-0.4, -0.2) is 17.6 Å². The number of nitrogens with two attached hydrogens (primary N) is 1. The molecule has 76 valence electrons. The summed E-state index contributed by atoms with van der Waals surface area (Å²) in [6.07, 6.45) is 0.272. The van der Waals surface area contributed by atoms with Crippen molar-refractivity contribution in [3.8, 4) is 0 Å². The molecule has 0 aliphatic rings. The molecule has 0 bridgehead atoms. The number of hydrogen-bond acceptors (Lipinski definition) is 3. The van der Waals surface area contributed by atoms with Crippen molar-refractivity contribution in [2.45, 2.75) is 40.2 Å². The van der Waals surface area contributed by atoms with E-state index in [1.54, 1.807) is 6.92 Å². The lowest BCUT2D eigenvalue weighted by molar-refractivity contribution is -0.127. The third kappa shape index (κ3) is 4.18. The second-order valence-corrected chi connectivity index (χ2v) is 3.95. The molecular weight excluding hydrogens is 166 g/mol. The highest BCUT2D eigenvalue weighted by atomic mass is 16.1. The van der Waals surface area contributed by atoms with Gasteiger partial charge in [0.1, 0.15) is 11.6 Å². The van der Waals surface area contributed by atoms with Crippen molar-refractivity contribution in [2.75, 3.05) is 0 Å². The summed E-state index contributed by atoms with van der Waals surface area (Å²) in [5.74, 6) is -0.0223. The monoisotopic (exact) mass is 185 g/mol. The molecule has 0 aromatic carbocycles. The summed E-state index contributed by atoms with van der Waals surface area (Å²) in [6.45, 7) is 7.06. The number of hydrogen-bond donors (Lipinski definition) is 1. The van der Waals surface area contributed by atoms with Crippen LogP contribution in [0.15, 0.2) is 0 Å². The summed E-state index contributed by atoms with van der Waals surface area (Å²) >= 11 is 0. The van der Waals surface area contributed by atoms with Crippen LogP contribution in [0.4, 0.5) is 0 Å². The SMILES string of the molecule is CC(=O)[C@H](C)CC(=O)[C@@H](N)C(C)C. The van der Waals surface area contributed by atoms with Gasteiger partial charge in [0.15, 0.2) is 0 Å². The molecule has 0 heterocycles. The molecule has 0 aromatic rings. The molecule has 0 fully saturated rings. The zero-order chi connectivity index (χ0) is 10.6. The Balaban J connectivity index is 4.08. The summed E-state index contributed by atoms with van der Waals surface area (Å²) in [6, 6.07) is -0.429. The van der Waals surface area contributed by atoms with Crippen LogP contribution in [0.25, 0.3) is 0 Å². The van der Waals surface area contributed by atoms with Crippen LogP contribution in [0.3, 0.4) is 0 Å². The zero-order valence-corrected chi connectivity index (χ0v) is 8.83. The summed E-state index contributed by atoms with van der Waals surface area (Å²) in [5, 5.41) is 0. The maximum atomic E-state index is 11.4. The van der Waals surface area contributed by atoms with E-state index in [2.05, 4.69) is 0 Å². The van der Waals surface area contributed by atoms with Crippen LogP contribution in [0.2, 0.25) is 0 Å². The van der Waals surface area contributed by atoms with Gasteiger partial charge in [-0.1, -0.05) is 20.8 Å². The molecule has 0 amide bonds. The van der Waals surface area contributed by atoms with E-state index in [-0.39, 0.29) is 29.8 Å². The van der Waals surface area contributed by atoms with Gasteiger partial charge >= 0.3 is 0 Å². The van der Waals surface area contributed by atoms with E-state index in [0.717, 1.165) is 0 Å². The van der Waals surface area contributed by atoms with Crippen LogP contribution < -0.4 is 5.73 Å². The molecule has 0 unspecified atom stereocenters. The number of carbonyl (C=O) groups is 2. The predicted octanol–water partition coefficient (Wildman–Crippen LogP) is 1.15. The molecule has 0 saturated carbocycles. The Morgan fingerprint density at radius 1 is 1.23 bits per heavy atom. The first-order chi connectivity index (χ1) is 5.86. The van der Waals surface area contributed by atoms with Crippen molar-refractivity contribution >= 4 is 11.6 Å². The predicted molar refractivity (Wildman–Crippen MR) is 52.3 cm³/mol. The number of Topliss-reactive ketones (excluding diaryl/α,β-unsaturated/α-hetero) is 2. The summed E-state index contributed by atoms with van der Waals surface area (Å²) in [4.78, 5) is 22.3. The number of rotatable bonds is 5. The zero-order valence-electron chi connectivity index (χ0n) is 8.83. The normalized spacial score (nSPS) is 15.5. The van der Waals surface area contributed by atoms with E-state index in [9.17, 15) is 9.59 Å². The molecule has 0 radical (unpaired) electrons. The lowest BCUT2D eigenvalue weighted by Crippen LogP contribution is -2.36. The largest absolute Gasteiger partial charge is 0.321 e. The number of carbonyl (C=O) groups excluding carboxylic acids is 2. The molecule has 0 aliphatic carbocycles. The molecule has 0 rings (SSSR count). The Bertz CT molecular complexity index is 199. The molecular formula is C10H19NO2. The highest BCUT2D eigenvalue weighted by molar-refractivity contribution is 5.89. The highest BCUT2D eigenvalue weighted by Gasteiger charge is 2.20. The summed E-state index contributed by atoms with van der Waals surface area (Å²) in [5.41, 5.74) is 5.65. The van der Waals surface area contributed by atoms with Crippen LogP contribution in [-0.2, 0) is 9.59 Å². The van der Waals surface area contributed by atoms with E-state index in [4.69, 9.17) is 5.73 Å². The lowest BCUT2D eigenvalue weighted by atomic mass is 9.92. The second-order valence-electron chi connectivity index (χ2n) is 3.95. The van der Waals surface area contributed by atoms with Crippen molar-refractivity contribution in [2.24, 2.45) is 17.6 Å². The standard InChI is InChI=1S/C10H19NO2/c1-6(2)10(11)9(13)5-7(3)8(4)12/h6-7,10H,5,11H2,1-4H3/t7-,10+/m1/s1. The Kier molecular flexibility index (Phi) is 4.85. The minimum Gasteiger partial charge on any atom is -0.321 e. The van der Waals surface area contributed by atoms with E-state index in [0.29, 0.717) is 0 Å². The van der Waals surface area contributed by atoms with Gasteiger partial charge in [0.2, 0.25) is 0 Å². The van der Waals surface area contributed by atoms with Gasteiger partial charge in [-0.2, -0.15) is 0 Å². The van der Waals surface area contributed by atoms with Gasteiger partial charge in [0, 0.05) is 12.3 Å². The lowest BCUT2D eigenvalue weighted by Gasteiger charge is -2.15. The van der Waals surface area contributed by atoms with Gasteiger partial charge in [-0.05, 0) is 12.8 Å². The first kappa shape index (κ1) is 12.3. The van der Waals surface area contributed by atoms with Crippen molar-refractivity contribution in [1.29, 1.82) is 0 Å². The van der Waals surface area contributed by atoms with Crippen molar-refractivity contribution in [3.63, 3.8) is 0 Å². The Hall–Kier alpha value is -0.700. The maximum Gasteiger partial charge on any atom is 0.150 e. The van der Waals surface area contributed by atoms with Crippen molar-refractivity contribution in [1.82, 2.24) is 0 Å². The van der Waals surface area contributed by atoms with Crippen molar-refractivity contribution < 1.29 is 9.59 Å². The Morgan fingerprint density at radius 3 is 2.00 bits per heavy atom. The summed E-state index contributed by atoms with van der Waals surface area (Å²) < 4.78 is 0. The fourth-order valence-electron chi connectivity index (χ4n) is 0.953. The molecule has 0 aliphatic heterocycles. The van der Waals surface area contributed by atoms with Crippen LogP contribution in [0, 0.1) is 11.8 Å². The smallest absolute Gasteiger partial charge is 0.150 e. The van der Waals surface area contributed by atoms with E-state index in [1.165, 1.54) is 6.92 Å². The van der Waals surface area contributed by atoms with Gasteiger partial charge < -0.3 is 5.73 Å². The molecule has 13 heavy (non-hydrogen) atoms. The van der Waals surface area contributed by atoms with Crippen LogP contribution >= 0.6 is 0 Å². The molecule has 2 N–H and O–H groups in total. The Labute approximate surface area is 79.7 Å². The maximum absolute atomic E-state index is 11.4. The van der Waals surface area contributed by atoms with Gasteiger partial charge in [0.05, 0.1) is 6.04 Å². The molecule has 0 spiro atoms. The van der Waals surface area contributed by atoms with Gasteiger partial charge in [0.25, 0.3) is 0 Å². The van der Waals surface area contributed by atoms with Crippen LogP contribution in [0.1, 0.15) is 34.1 Å². The first-order valence-electron chi connectivity index (χ1n) is 4.65. The van der Waals surface area contributed by atoms with Gasteiger partial charge in [-0.25, -0.2) is 0 Å². The fourth-order valence-corrected chi connectivity index (χ4v) is 0.953. The highest BCUT2D eigenvalue weighted by Crippen LogP contribution is 2.09. The fraction of sp³-hybridized carbons (Fsp3) is 0.800. The second kappa shape index (κ2) is 5.12. The minimum atomic E-state index is -0.429. The third-order valence-corrected chi connectivity index (χ3v) is 2.29. The van der Waals surface area contributed by atoms with Crippen LogP contribution in [0.5, 0.6) is 0 Å². The molecule has 3 heteroatoms. The Morgan fingerprint density at radius 2 is 1.69 bits per heavy atom. The first-order valence-corrected chi connectivity index (χ1v) is 4.65. The average Bonchev–Trinajstić information content (AvgIpc) is 2.02. The molecule has 2 atom stereocenters. The molecule has 0 aromatic heterocycles. The van der Waals surface area contributed by atoms with E-state index in [1.807, 2.05) is 13.8 Å². The summed E-state index contributed by atoms with van der Waals surface area (Å²) in [7, 11) is 0. The topological polar surface area (TPSA) is 60.2 Å². The van der Waals surface area contributed by atoms with Gasteiger partial charge in [-0.15, -0.1) is 0 Å². The van der Waals surface area contributed by atoms with Gasteiger partial charge in [-0.3, -0.25) is 9.59 Å². The molecule has 0 saturated heterocycles. The number of ketones is 2. The van der Waals surface area contributed by atoms with E-state index >= 15 is 0 Å². The molecule has 3 nitrogen and oxygen atoms in total. The quantitative estimate of drug-likeness (QED) is 0.699.